The van der Waals surface area contributed by atoms with E-state index in [2.05, 4.69) is 31.4 Å². The minimum atomic E-state index is -0.172. The summed E-state index contributed by atoms with van der Waals surface area (Å²) in [6.07, 6.45) is 1.78. The van der Waals surface area contributed by atoms with E-state index in [9.17, 15) is 9.59 Å². The third kappa shape index (κ3) is 6.22. The molecule has 8 heteroatoms. The molecular formula is C30H38ClN3O4. The maximum atomic E-state index is 13.5. The number of carbonyl (C=O) groups is 2. The minimum Gasteiger partial charge on any atom is -0.497 e. The number of fused-ring (bicyclic) bond motifs is 1. The van der Waals surface area contributed by atoms with Gasteiger partial charge >= 0.3 is 0 Å². The molecule has 0 spiro atoms. The van der Waals surface area contributed by atoms with Gasteiger partial charge < -0.3 is 20.1 Å². The molecule has 4 atom stereocenters. The summed E-state index contributed by atoms with van der Waals surface area (Å²) in [7, 11) is 1.60. The van der Waals surface area contributed by atoms with Gasteiger partial charge in [-0.1, -0.05) is 18.5 Å². The molecule has 0 bridgehead atoms. The van der Waals surface area contributed by atoms with Crippen LogP contribution in [0.2, 0.25) is 5.02 Å². The van der Waals surface area contributed by atoms with E-state index in [4.69, 9.17) is 21.1 Å². The van der Waals surface area contributed by atoms with E-state index in [0.717, 1.165) is 35.1 Å². The predicted molar refractivity (Wildman–Crippen MR) is 151 cm³/mol. The Morgan fingerprint density at radius 1 is 1.11 bits per heavy atom. The quantitative estimate of drug-likeness (QED) is 0.374. The Morgan fingerprint density at radius 2 is 1.84 bits per heavy atom. The number of halogens is 1. The number of methoxy groups -OCH3 is 1. The number of carbonyl (C=O) groups excluding carboxylic acids is 2. The van der Waals surface area contributed by atoms with Crippen LogP contribution in [0.3, 0.4) is 0 Å². The zero-order valence-electron chi connectivity index (χ0n) is 22.8. The first-order valence-electron chi connectivity index (χ1n) is 13.3. The van der Waals surface area contributed by atoms with Crippen LogP contribution in [0.4, 0.5) is 0 Å². The molecule has 0 unspecified atom stereocenters. The van der Waals surface area contributed by atoms with Crippen LogP contribution in [0.15, 0.2) is 42.5 Å². The number of ether oxygens (including phenoxy) is 2. The average Bonchev–Trinajstić information content (AvgIpc) is 3.15. The Labute approximate surface area is 229 Å². The zero-order valence-corrected chi connectivity index (χ0v) is 23.6. The van der Waals surface area contributed by atoms with Gasteiger partial charge in [-0.15, -0.1) is 0 Å². The van der Waals surface area contributed by atoms with Crippen molar-refractivity contribution in [3.8, 4) is 5.75 Å². The second-order valence-corrected chi connectivity index (χ2v) is 10.8. The number of nitrogens with zero attached hydrogens (tertiary/aromatic N) is 1. The molecule has 2 N–H and O–H groups in total. The van der Waals surface area contributed by atoms with Crippen molar-refractivity contribution in [3.05, 3.63) is 64.3 Å². The molecule has 7 nitrogen and oxygen atoms in total. The third-order valence-corrected chi connectivity index (χ3v) is 7.91. The maximum absolute atomic E-state index is 13.5. The third-order valence-electron chi connectivity index (χ3n) is 7.66. The topological polar surface area (TPSA) is 81.6 Å². The molecule has 4 rings (SSSR count). The van der Waals surface area contributed by atoms with Crippen LogP contribution in [0.1, 0.15) is 48.8 Å². The smallest absolute Gasteiger partial charge is 0.262 e. The summed E-state index contributed by atoms with van der Waals surface area (Å²) >= 11 is 6.02. The molecule has 204 valence electrons. The summed E-state index contributed by atoms with van der Waals surface area (Å²) in [6.45, 7) is 10.5. The molecular weight excluding hydrogens is 502 g/mol. The molecule has 3 aromatic rings. The molecule has 1 saturated heterocycles. The number of rotatable bonds is 9. The van der Waals surface area contributed by atoms with Gasteiger partial charge in [0.1, 0.15) is 5.75 Å². The van der Waals surface area contributed by atoms with E-state index in [0.29, 0.717) is 47.4 Å². The van der Waals surface area contributed by atoms with Crippen molar-refractivity contribution in [2.75, 3.05) is 26.7 Å². The summed E-state index contributed by atoms with van der Waals surface area (Å²) < 4.78 is 13.1. The first kappa shape index (κ1) is 28.1. The number of hydrogen-bond donors (Lipinski definition) is 2. The van der Waals surface area contributed by atoms with Gasteiger partial charge in [0.25, 0.3) is 5.91 Å². The van der Waals surface area contributed by atoms with Crippen molar-refractivity contribution in [1.82, 2.24) is 15.2 Å². The summed E-state index contributed by atoms with van der Waals surface area (Å²) in [4.78, 5) is 26.4. The van der Waals surface area contributed by atoms with Crippen molar-refractivity contribution in [1.29, 1.82) is 0 Å². The van der Waals surface area contributed by atoms with Crippen LogP contribution < -0.4 is 15.4 Å². The molecule has 1 amide bonds. The number of aromatic nitrogens is 1. The first-order valence-corrected chi connectivity index (χ1v) is 13.7. The lowest BCUT2D eigenvalue weighted by molar-refractivity contribution is -0.120. The SMILES string of the molecule is COc1ccc2c(c1)c(CC(=O)NCCNC[C@@H]1[C@H](C)O[C@H](C)C[C@@H]1C)c(C)n2C(=O)c1ccc(Cl)cc1. The summed E-state index contributed by atoms with van der Waals surface area (Å²) in [5.41, 5.74) is 2.80. The van der Waals surface area contributed by atoms with Crippen LogP contribution in [-0.4, -0.2) is 55.3 Å². The highest BCUT2D eigenvalue weighted by molar-refractivity contribution is 6.30. The normalized spacial score (nSPS) is 21.4. The number of nitrogens with one attached hydrogen (secondary N) is 2. The van der Waals surface area contributed by atoms with E-state index < -0.39 is 0 Å². The zero-order chi connectivity index (χ0) is 27.4. The van der Waals surface area contributed by atoms with Gasteiger partial charge in [0.2, 0.25) is 5.91 Å². The molecule has 1 aliphatic rings. The molecule has 1 aromatic heterocycles. The van der Waals surface area contributed by atoms with Gasteiger partial charge in [-0.05, 0) is 87.1 Å². The second kappa shape index (κ2) is 12.3. The molecule has 0 saturated carbocycles. The fourth-order valence-electron chi connectivity index (χ4n) is 5.63. The summed E-state index contributed by atoms with van der Waals surface area (Å²) in [5, 5.41) is 7.89. The Bertz CT molecular complexity index is 1270. The molecule has 38 heavy (non-hydrogen) atoms. The van der Waals surface area contributed by atoms with Crippen molar-refractivity contribution in [2.24, 2.45) is 11.8 Å². The largest absolute Gasteiger partial charge is 0.497 e. The van der Waals surface area contributed by atoms with Gasteiger partial charge in [-0.2, -0.15) is 0 Å². The molecule has 2 heterocycles. The fraction of sp³-hybridized carbons (Fsp3) is 0.467. The lowest BCUT2D eigenvalue weighted by atomic mass is 9.83. The Morgan fingerprint density at radius 3 is 2.53 bits per heavy atom. The highest BCUT2D eigenvalue weighted by Crippen LogP contribution is 2.31. The van der Waals surface area contributed by atoms with Gasteiger partial charge in [-0.3, -0.25) is 14.2 Å². The van der Waals surface area contributed by atoms with E-state index in [1.54, 1.807) is 35.9 Å². The lowest BCUT2D eigenvalue weighted by Gasteiger charge is -2.38. The maximum Gasteiger partial charge on any atom is 0.262 e. The van der Waals surface area contributed by atoms with Crippen LogP contribution >= 0.6 is 11.6 Å². The Hall–Kier alpha value is -2.87. The summed E-state index contributed by atoms with van der Waals surface area (Å²) in [6, 6.07) is 12.4. The highest BCUT2D eigenvalue weighted by Gasteiger charge is 2.31. The molecule has 1 aliphatic heterocycles. The van der Waals surface area contributed by atoms with Crippen LogP contribution in [0.25, 0.3) is 10.9 Å². The van der Waals surface area contributed by atoms with Gasteiger partial charge in [0.05, 0.1) is 31.3 Å². The summed E-state index contributed by atoms with van der Waals surface area (Å²) in [5.74, 6) is 1.47. The van der Waals surface area contributed by atoms with Gasteiger partial charge in [0, 0.05) is 41.3 Å². The standard InChI is InChI=1S/C30H38ClN3O4/c1-18-14-19(2)38-21(4)27(18)17-32-12-13-33-29(35)16-25-20(3)34(28-11-10-24(37-5)15-26(25)28)30(36)22-6-8-23(31)9-7-22/h6-11,15,18-19,21,27,32H,12-14,16-17H2,1-5H3,(H,33,35)/t18-,19+,21-,27-/m0/s1. The predicted octanol–water partition coefficient (Wildman–Crippen LogP) is 5.00. The molecule has 0 aliphatic carbocycles. The van der Waals surface area contributed by atoms with Gasteiger partial charge in [0.15, 0.2) is 0 Å². The molecule has 2 aromatic carbocycles. The fourth-order valence-corrected chi connectivity index (χ4v) is 5.75. The lowest BCUT2D eigenvalue weighted by Crippen LogP contribution is -2.44. The van der Waals surface area contributed by atoms with Gasteiger partial charge in [-0.25, -0.2) is 0 Å². The van der Waals surface area contributed by atoms with Crippen molar-refractivity contribution >= 4 is 34.3 Å². The number of amides is 1. The Kier molecular flexibility index (Phi) is 9.13. The van der Waals surface area contributed by atoms with Crippen molar-refractivity contribution in [2.45, 2.75) is 52.7 Å². The monoisotopic (exact) mass is 539 g/mol. The average molecular weight is 540 g/mol. The second-order valence-electron chi connectivity index (χ2n) is 10.4. The molecule has 0 radical (unpaired) electrons. The minimum absolute atomic E-state index is 0.0905. The Balaban J connectivity index is 1.43. The van der Waals surface area contributed by atoms with Crippen molar-refractivity contribution in [3.63, 3.8) is 0 Å². The highest BCUT2D eigenvalue weighted by atomic mass is 35.5. The van der Waals surface area contributed by atoms with E-state index in [1.165, 1.54) is 0 Å². The van der Waals surface area contributed by atoms with E-state index >= 15 is 0 Å². The van der Waals surface area contributed by atoms with Crippen molar-refractivity contribution < 1.29 is 19.1 Å². The number of benzene rings is 2. The van der Waals surface area contributed by atoms with E-state index in [1.807, 2.05) is 25.1 Å². The molecule has 1 fully saturated rings. The van der Waals surface area contributed by atoms with Crippen LogP contribution in [0.5, 0.6) is 5.75 Å². The van der Waals surface area contributed by atoms with Crippen LogP contribution in [-0.2, 0) is 16.0 Å². The van der Waals surface area contributed by atoms with E-state index in [-0.39, 0.29) is 24.3 Å². The number of hydrogen-bond acceptors (Lipinski definition) is 5. The first-order chi connectivity index (χ1) is 18.2. The van der Waals surface area contributed by atoms with Crippen LogP contribution in [0, 0.1) is 18.8 Å².